The Morgan fingerprint density at radius 3 is 2.22 bits per heavy atom. The fraction of sp³-hybridized carbons (Fsp3) is 0.517. The van der Waals surface area contributed by atoms with E-state index in [0.29, 0.717) is 40.4 Å². The highest BCUT2D eigenvalue weighted by molar-refractivity contribution is 6.02. The van der Waals surface area contributed by atoms with Gasteiger partial charge in [0.05, 0.1) is 5.56 Å². The molecule has 2 saturated heterocycles. The number of nitrogens with one attached hydrogen (secondary N) is 2. The molecule has 1 saturated carbocycles. The minimum absolute atomic E-state index is 0.0683. The second-order valence-electron chi connectivity index (χ2n) is 11.3. The molecule has 3 heterocycles. The zero-order valence-electron chi connectivity index (χ0n) is 21.9. The van der Waals surface area contributed by atoms with Crippen molar-refractivity contribution in [3.63, 3.8) is 0 Å². The molecular weight excluding hydrogens is 466 g/mol. The molecule has 4 N–H and O–H groups in total. The lowest BCUT2D eigenvalue weighted by molar-refractivity contribution is 0.0924. The van der Waals surface area contributed by atoms with Gasteiger partial charge in [-0.05, 0) is 81.7 Å². The van der Waals surface area contributed by atoms with Crippen LogP contribution in [0.5, 0.6) is 0 Å². The normalized spacial score (nSPS) is 23.6. The SMILES string of the molecule is CC(C)[C@H](C)Nc1cc(C(=O)NC2C[C@H]3CC[C@@H](C2)N3c2ccc(C(=O)C3CC3)cn2)ccc1C(N)=O. The maximum atomic E-state index is 13.2. The monoisotopic (exact) mass is 503 g/mol. The lowest BCUT2D eigenvalue weighted by atomic mass is 9.96. The molecule has 1 aromatic carbocycles. The molecule has 5 rings (SSSR count). The van der Waals surface area contributed by atoms with E-state index in [2.05, 4.69) is 34.4 Å². The van der Waals surface area contributed by atoms with Gasteiger partial charge in [-0.3, -0.25) is 14.4 Å². The minimum atomic E-state index is -0.520. The number of piperidine rings is 1. The summed E-state index contributed by atoms with van der Waals surface area (Å²) in [6.45, 7) is 6.23. The Hall–Kier alpha value is -3.42. The summed E-state index contributed by atoms with van der Waals surface area (Å²) in [6.07, 6.45) is 7.54. The molecular formula is C29H37N5O3. The van der Waals surface area contributed by atoms with Crippen molar-refractivity contribution < 1.29 is 14.4 Å². The van der Waals surface area contributed by atoms with Crippen LogP contribution in [0.1, 0.15) is 90.4 Å². The summed E-state index contributed by atoms with van der Waals surface area (Å²) in [6, 6.07) is 9.72. The first-order valence-corrected chi connectivity index (χ1v) is 13.5. The third kappa shape index (κ3) is 5.33. The zero-order valence-corrected chi connectivity index (χ0v) is 21.9. The van der Waals surface area contributed by atoms with Crippen molar-refractivity contribution in [3.8, 4) is 0 Å². The number of aromatic nitrogens is 1. The number of nitrogens with zero attached hydrogens (tertiary/aromatic N) is 2. The molecule has 2 aromatic rings. The number of rotatable bonds is 9. The average molecular weight is 504 g/mol. The van der Waals surface area contributed by atoms with E-state index in [4.69, 9.17) is 5.73 Å². The first-order chi connectivity index (χ1) is 17.7. The number of benzene rings is 1. The van der Waals surface area contributed by atoms with Crippen LogP contribution >= 0.6 is 0 Å². The summed E-state index contributed by atoms with van der Waals surface area (Å²) in [5.41, 5.74) is 7.76. The highest BCUT2D eigenvalue weighted by Crippen LogP contribution is 2.39. The van der Waals surface area contributed by atoms with Crippen molar-refractivity contribution in [3.05, 3.63) is 53.2 Å². The van der Waals surface area contributed by atoms with Crippen molar-refractivity contribution in [1.29, 1.82) is 0 Å². The van der Waals surface area contributed by atoms with Gasteiger partial charge in [-0.2, -0.15) is 0 Å². The summed E-state index contributed by atoms with van der Waals surface area (Å²) in [5, 5.41) is 6.57. The second-order valence-corrected chi connectivity index (χ2v) is 11.3. The molecule has 1 aromatic heterocycles. The number of primary amides is 1. The Morgan fingerprint density at radius 1 is 0.973 bits per heavy atom. The van der Waals surface area contributed by atoms with Crippen LogP contribution in [-0.4, -0.2) is 46.7 Å². The summed E-state index contributed by atoms with van der Waals surface area (Å²) < 4.78 is 0. The van der Waals surface area contributed by atoms with Gasteiger partial charge in [0.2, 0.25) is 0 Å². The number of pyridine rings is 1. The minimum Gasteiger partial charge on any atom is -0.382 e. The van der Waals surface area contributed by atoms with Crippen LogP contribution in [-0.2, 0) is 0 Å². The number of amides is 2. The first kappa shape index (κ1) is 25.2. The topological polar surface area (TPSA) is 117 Å². The Kier molecular flexibility index (Phi) is 6.92. The summed E-state index contributed by atoms with van der Waals surface area (Å²) >= 11 is 0. The van der Waals surface area contributed by atoms with Crippen molar-refractivity contribution in [1.82, 2.24) is 10.3 Å². The molecule has 2 aliphatic heterocycles. The van der Waals surface area contributed by atoms with Gasteiger partial charge in [0.15, 0.2) is 5.78 Å². The number of nitrogens with two attached hydrogens (primary N) is 1. The number of hydrogen-bond donors (Lipinski definition) is 3. The molecule has 2 bridgehead atoms. The molecule has 0 radical (unpaired) electrons. The predicted octanol–water partition coefficient (Wildman–Crippen LogP) is 4.16. The lowest BCUT2D eigenvalue weighted by Gasteiger charge is -2.40. The van der Waals surface area contributed by atoms with Crippen LogP contribution in [0.3, 0.4) is 0 Å². The smallest absolute Gasteiger partial charge is 0.251 e. The maximum absolute atomic E-state index is 13.2. The molecule has 8 nitrogen and oxygen atoms in total. The largest absolute Gasteiger partial charge is 0.382 e. The third-order valence-electron chi connectivity index (χ3n) is 8.24. The van der Waals surface area contributed by atoms with Crippen molar-refractivity contribution >= 4 is 29.1 Å². The molecule has 2 amide bonds. The van der Waals surface area contributed by atoms with Gasteiger partial charge in [-0.1, -0.05) is 13.8 Å². The van der Waals surface area contributed by atoms with Crippen molar-refractivity contribution in [2.24, 2.45) is 17.6 Å². The van der Waals surface area contributed by atoms with Gasteiger partial charge in [0.1, 0.15) is 5.82 Å². The van der Waals surface area contributed by atoms with Crippen LogP contribution in [0.15, 0.2) is 36.5 Å². The molecule has 37 heavy (non-hydrogen) atoms. The lowest BCUT2D eigenvalue weighted by Crippen LogP contribution is -2.50. The van der Waals surface area contributed by atoms with Crippen LogP contribution < -0.4 is 21.3 Å². The Morgan fingerprint density at radius 2 is 1.65 bits per heavy atom. The van der Waals surface area contributed by atoms with Gasteiger partial charge in [-0.25, -0.2) is 4.98 Å². The number of anilines is 2. The standard InChI is InChI=1S/C29H37N5O3/c1-16(2)17(3)32-25-12-19(6-10-24(25)28(30)36)29(37)33-21-13-22-8-9-23(14-21)34(22)26-11-7-20(15-31-26)27(35)18-4-5-18/h6-7,10-12,15-18,21-23,32H,4-5,8-9,13-14H2,1-3H3,(H2,30,36)(H,33,37)/t17-,21?,22-,23+/m0/s1. The number of carbonyl (C=O) groups excluding carboxylic acids is 3. The summed E-state index contributed by atoms with van der Waals surface area (Å²) in [4.78, 5) is 44.5. The summed E-state index contributed by atoms with van der Waals surface area (Å²) in [7, 11) is 0. The molecule has 0 spiro atoms. The van der Waals surface area contributed by atoms with E-state index in [-0.39, 0.29) is 29.7 Å². The van der Waals surface area contributed by atoms with Crippen LogP contribution in [0, 0.1) is 11.8 Å². The number of ketones is 1. The molecule has 8 heteroatoms. The zero-order chi connectivity index (χ0) is 26.3. The molecule has 1 aliphatic carbocycles. The quantitative estimate of drug-likeness (QED) is 0.443. The second kappa shape index (κ2) is 10.1. The van der Waals surface area contributed by atoms with E-state index in [9.17, 15) is 14.4 Å². The van der Waals surface area contributed by atoms with E-state index in [1.165, 1.54) is 0 Å². The fourth-order valence-electron chi connectivity index (χ4n) is 5.64. The highest BCUT2D eigenvalue weighted by Gasteiger charge is 2.42. The van der Waals surface area contributed by atoms with Crippen molar-refractivity contribution in [2.75, 3.05) is 10.2 Å². The Bertz CT molecular complexity index is 1180. The summed E-state index contributed by atoms with van der Waals surface area (Å²) in [5.74, 6) is 1.01. The van der Waals surface area contributed by atoms with E-state index in [0.717, 1.165) is 44.3 Å². The molecule has 4 atom stereocenters. The average Bonchev–Trinajstić information content (AvgIpc) is 3.68. The van der Waals surface area contributed by atoms with E-state index in [1.54, 1.807) is 24.4 Å². The highest BCUT2D eigenvalue weighted by atomic mass is 16.2. The number of Topliss-reactive ketones (excluding diaryl/α,β-unsaturated/α-hetero) is 1. The van der Waals surface area contributed by atoms with Gasteiger partial charge >= 0.3 is 0 Å². The third-order valence-corrected chi connectivity index (χ3v) is 8.24. The van der Waals surface area contributed by atoms with E-state index < -0.39 is 5.91 Å². The predicted molar refractivity (Wildman–Crippen MR) is 144 cm³/mol. The number of hydrogen-bond acceptors (Lipinski definition) is 6. The maximum Gasteiger partial charge on any atom is 0.251 e. The van der Waals surface area contributed by atoms with Gasteiger partial charge in [0.25, 0.3) is 11.8 Å². The van der Waals surface area contributed by atoms with E-state index in [1.807, 2.05) is 19.1 Å². The van der Waals surface area contributed by atoms with Crippen molar-refractivity contribution in [2.45, 2.75) is 83.5 Å². The van der Waals surface area contributed by atoms with Crippen LogP contribution in [0.4, 0.5) is 11.5 Å². The first-order valence-electron chi connectivity index (χ1n) is 13.5. The molecule has 3 aliphatic rings. The Balaban J connectivity index is 1.25. The molecule has 1 unspecified atom stereocenters. The number of fused-ring (bicyclic) bond motifs is 2. The van der Waals surface area contributed by atoms with Gasteiger partial charge < -0.3 is 21.3 Å². The van der Waals surface area contributed by atoms with Gasteiger partial charge in [-0.15, -0.1) is 0 Å². The van der Waals surface area contributed by atoms with E-state index >= 15 is 0 Å². The van der Waals surface area contributed by atoms with Gasteiger partial charge in [0, 0.05) is 53.1 Å². The molecule has 196 valence electrons. The van der Waals surface area contributed by atoms with Crippen LogP contribution in [0.25, 0.3) is 0 Å². The Labute approximate surface area is 218 Å². The molecule has 3 fully saturated rings. The number of carbonyl (C=O) groups is 3. The fourth-order valence-corrected chi connectivity index (χ4v) is 5.64. The van der Waals surface area contributed by atoms with Crippen LogP contribution in [0.2, 0.25) is 0 Å².